The summed E-state index contributed by atoms with van der Waals surface area (Å²) in [5.41, 5.74) is 0. The molecule has 1 rings (SSSR count). The van der Waals surface area contributed by atoms with Gasteiger partial charge in [-0.25, -0.2) is 0 Å². The van der Waals surface area contributed by atoms with Crippen molar-refractivity contribution < 1.29 is 0 Å². The molecule has 2 unspecified atom stereocenters. The van der Waals surface area contributed by atoms with Crippen LogP contribution in [0, 0.1) is 24.3 Å². The smallest absolute Gasteiger partial charge is 0.0420 e. The lowest BCUT2D eigenvalue weighted by Gasteiger charge is -2.26. The van der Waals surface area contributed by atoms with Crippen molar-refractivity contribution in [2.24, 2.45) is 11.8 Å². The molecular formula is C10H17N. The Morgan fingerprint density at radius 2 is 2.18 bits per heavy atom. The van der Waals surface area contributed by atoms with E-state index in [0.717, 1.165) is 12.5 Å². The molecule has 0 bridgehead atoms. The van der Waals surface area contributed by atoms with Gasteiger partial charge in [0, 0.05) is 18.6 Å². The predicted molar refractivity (Wildman–Crippen MR) is 47.9 cm³/mol. The molecule has 0 radical (unpaired) electrons. The molecule has 62 valence electrons. The molecule has 1 saturated heterocycles. The van der Waals surface area contributed by atoms with Crippen LogP contribution >= 0.6 is 0 Å². The SMILES string of the molecule is C#CN1CCC(C)C1C(C)C. The van der Waals surface area contributed by atoms with Gasteiger partial charge in [-0.15, -0.1) is 0 Å². The number of hydrogen-bond donors (Lipinski definition) is 0. The minimum Gasteiger partial charge on any atom is -0.329 e. The van der Waals surface area contributed by atoms with Gasteiger partial charge in [-0.05, 0) is 18.3 Å². The summed E-state index contributed by atoms with van der Waals surface area (Å²) >= 11 is 0. The van der Waals surface area contributed by atoms with Gasteiger partial charge in [-0.1, -0.05) is 27.2 Å². The molecule has 1 fully saturated rings. The van der Waals surface area contributed by atoms with E-state index in [1.54, 1.807) is 0 Å². The van der Waals surface area contributed by atoms with Crippen LogP contribution in [-0.2, 0) is 0 Å². The highest BCUT2D eigenvalue weighted by molar-refractivity contribution is 4.97. The summed E-state index contributed by atoms with van der Waals surface area (Å²) in [5.74, 6) is 1.45. The quantitative estimate of drug-likeness (QED) is 0.518. The summed E-state index contributed by atoms with van der Waals surface area (Å²) < 4.78 is 0. The van der Waals surface area contributed by atoms with Crippen LogP contribution in [0.4, 0.5) is 0 Å². The van der Waals surface area contributed by atoms with Gasteiger partial charge in [0.15, 0.2) is 0 Å². The van der Waals surface area contributed by atoms with Gasteiger partial charge in [-0.2, -0.15) is 0 Å². The fourth-order valence-electron chi connectivity index (χ4n) is 2.14. The zero-order valence-corrected chi connectivity index (χ0v) is 7.67. The maximum atomic E-state index is 5.40. The average Bonchev–Trinajstić information content (AvgIpc) is 2.30. The Morgan fingerprint density at radius 1 is 1.55 bits per heavy atom. The monoisotopic (exact) mass is 151 g/mol. The van der Waals surface area contributed by atoms with E-state index >= 15 is 0 Å². The van der Waals surface area contributed by atoms with Gasteiger partial charge in [0.25, 0.3) is 0 Å². The largest absolute Gasteiger partial charge is 0.329 e. The van der Waals surface area contributed by atoms with Gasteiger partial charge in [0.1, 0.15) is 0 Å². The highest BCUT2D eigenvalue weighted by Gasteiger charge is 2.31. The summed E-state index contributed by atoms with van der Waals surface area (Å²) in [5, 5.41) is 0. The fraction of sp³-hybridized carbons (Fsp3) is 0.800. The Balaban J connectivity index is 2.65. The first-order valence-corrected chi connectivity index (χ1v) is 4.39. The molecule has 0 N–H and O–H groups in total. The molecule has 1 aliphatic rings. The maximum absolute atomic E-state index is 5.40. The van der Waals surface area contributed by atoms with E-state index in [2.05, 4.69) is 31.7 Å². The number of rotatable bonds is 1. The standard InChI is InChI=1S/C10H17N/c1-5-11-7-6-9(4)10(11)8(2)3/h1,8-10H,6-7H2,2-4H3. The van der Waals surface area contributed by atoms with Crippen molar-refractivity contribution in [3.8, 4) is 12.5 Å². The molecule has 1 heterocycles. The lowest BCUT2D eigenvalue weighted by Crippen LogP contribution is -2.32. The second-order valence-corrected chi connectivity index (χ2v) is 3.82. The third kappa shape index (κ3) is 1.50. The molecule has 0 aromatic rings. The highest BCUT2D eigenvalue weighted by Crippen LogP contribution is 2.28. The van der Waals surface area contributed by atoms with Crippen molar-refractivity contribution in [2.75, 3.05) is 6.54 Å². The first kappa shape index (κ1) is 8.46. The lowest BCUT2D eigenvalue weighted by molar-refractivity contribution is 0.255. The Morgan fingerprint density at radius 3 is 2.55 bits per heavy atom. The Hall–Kier alpha value is -0.640. The average molecular weight is 151 g/mol. The second kappa shape index (κ2) is 3.17. The topological polar surface area (TPSA) is 3.24 Å². The fourth-order valence-corrected chi connectivity index (χ4v) is 2.14. The number of likely N-dealkylation sites (tertiary alicyclic amines) is 1. The highest BCUT2D eigenvalue weighted by atomic mass is 15.2. The molecular weight excluding hydrogens is 134 g/mol. The van der Waals surface area contributed by atoms with Crippen LogP contribution in [0.1, 0.15) is 27.2 Å². The molecule has 0 saturated carbocycles. The van der Waals surface area contributed by atoms with Crippen LogP contribution in [0.25, 0.3) is 0 Å². The van der Waals surface area contributed by atoms with Gasteiger partial charge >= 0.3 is 0 Å². The second-order valence-electron chi connectivity index (χ2n) is 3.82. The van der Waals surface area contributed by atoms with Gasteiger partial charge in [0.2, 0.25) is 0 Å². The van der Waals surface area contributed by atoms with Crippen molar-refractivity contribution in [3.05, 3.63) is 0 Å². The van der Waals surface area contributed by atoms with Crippen molar-refractivity contribution >= 4 is 0 Å². The van der Waals surface area contributed by atoms with E-state index < -0.39 is 0 Å². The first-order chi connectivity index (χ1) is 5.16. The summed E-state index contributed by atoms with van der Waals surface area (Å²) in [7, 11) is 0. The van der Waals surface area contributed by atoms with E-state index in [1.807, 2.05) is 0 Å². The molecule has 1 heteroatoms. The molecule has 11 heavy (non-hydrogen) atoms. The summed E-state index contributed by atoms with van der Waals surface area (Å²) in [6.45, 7) is 7.87. The van der Waals surface area contributed by atoms with Crippen molar-refractivity contribution in [3.63, 3.8) is 0 Å². The first-order valence-electron chi connectivity index (χ1n) is 4.39. The molecule has 0 aromatic heterocycles. The Kier molecular flexibility index (Phi) is 2.44. The minimum absolute atomic E-state index is 0.611. The van der Waals surface area contributed by atoms with Crippen LogP contribution < -0.4 is 0 Å². The van der Waals surface area contributed by atoms with Crippen LogP contribution in [0.5, 0.6) is 0 Å². The zero-order chi connectivity index (χ0) is 8.43. The third-order valence-corrected chi connectivity index (χ3v) is 2.62. The van der Waals surface area contributed by atoms with Crippen LogP contribution in [-0.4, -0.2) is 17.5 Å². The Labute approximate surface area is 69.8 Å². The normalized spacial score (nSPS) is 31.0. The molecule has 2 atom stereocenters. The molecule has 1 aliphatic heterocycles. The number of terminal acetylenes is 1. The molecule has 0 spiro atoms. The minimum atomic E-state index is 0.611. The number of nitrogens with zero attached hydrogens (tertiary/aromatic N) is 1. The van der Waals surface area contributed by atoms with Gasteiger partial charge in [-0.3, -0.25) is 0 Å². The molecule has 1 nitrogen and oxygen atoms in total. The van der Waals surface area contributed by atoms with Crippen molar-refractivity contribution in [2.45, 2.75) is 33.2 Å². The Bertz CT molecular complexity index is 166. The predicted octanol–water partition coefficient (Wildman–Crippen LogP) is 1.94. The van der Waals surface area contributed by atoms with Gasteiger partial charge in [0.05, 0.1) is 0 Å². The summed E-state index contributed by atoms with van der Waals surface area (Å²) in [4.78, 5) is 2.15. The van der Waals surface area contributed by atoms with E-state index in [9.17, 15) is 0 Å². The zero-order valence-electron chi connectivity index (χ0n) is 7.67. The summed E-state index contributed by atoms with van der Waals surface area (Å²) in [6.07, 6.45) is 6.66. The number of hydrogen-bond acceptors (Lipinski definition) is 1. The van der Waals surface area contributed by atoms with E-state index in [4.69, 9.17) is 6.42 Å². The van der Waals surface area contributed by atoms with Crippen molar-refractivity contribution in [1.82, 2.24) is 4.90 Å². The van der Waals surface area contributed by atoms with Crippen molar-refractivity contribution in [1.29, 1.82) is 0 Å². The summed E-state index contributed by atoms with van der Waals surface area (Å²) in [6, 6.07) is 3.37. The van der Waals surface area contributed by atoms with E-state index in [0.29, 0.717) is 12.0 Å². The van der Waals surface area contributed by atoms with E-state index in [1.165, 1.54) is 6.42 Å². The maximum Gasteiger partial charge on any atom is 0.0420 e. The van der Waals surface area contributed by atoms with Crippen LogP contribution in [0.3, 0.4) is 0 Å². The van der Waals surface area contributed by atoms with Gasteiger partial charge < -0.3 is 4.90 Å². The third-order valence-electron chi connectivity index (χ3n) is 2.62. The molecule has 0 amide bonds. The molecule has 0 aromatic carbocycles. The van der Waals surface area contributed by atoms with Crippen LogP contribution in [0.2, 0.25) is 0 Å². The van der Waals surface area contributed by atoms with E-state index in [-0.39, 0.29) is 0 Å². The van der Waals surface area contributed by atoms with Crippen LogP contribution in [0.15, 0.2) is 0 Å². The molecule has 0 aliphatic carbocycles. The lowest BCUT2D eigenvalue weighted by atomic mass is 9.93.